The second-order valence-electron chi connectivity index (χ2n) is 4.67. The lowest BCUT2D eigenvalue weighted by Crippen LogP contribution is -2.39. The van der Waals surface area contributed by atoms with Gasteiger partial charge in [-0.25, -0.2) is 0 Å². The van der Waals surface area contributed by atoms with E-state index in [2.05, 4.69) is 24.4 Å². The molecule has 0 radical (unpaired) electrons. The Kier molecular flexibility index (Phi) is 5.63. The van der Waals surface area contributed by atoms with Crippen molar-refractivity contribution in [2.24, 2.45) is 0 Å². The second kappa shape index (κ2) is 7.48. The minimum Gasteiger partial charge on any atom is -0.494 e. The molecule has 0 spiro atoms. The van der Waals surface area contributed by atoms with Gasteiger partial charge in [-0.2, -0.15) is 0 Å². The first-order chi connectivity index (χ1) is 9.35. The average Bonchev–Trinajstić information content (AvgIpc) is 2.48. The van der Waals surface area contributed by atoms with Gasteiger partial charge in [0.15, 0.2) is 0 Å². The lowest BCUT2D eigenvalue weighted by molar-refractivity contribution is -0.101. The van der Waals surface area contributed by atoms with Crippen molar-refractivity contribution >= 4 is 0 Å². The Hall–Kier alpha value is -1.10. The Bertz CT molecular complexity index is 360. The van der Waals surface area contributed by atoms with Crippen LogP contribution in [0.1, 0.15) is 24.9 Å². The van der Waals surface area contributed by atoms with E-state index in [-0.39, 0.29) is 12.1 Å². The number of benzene rings is 1. The van der Waals surface area contributed by atoms with E-state index < -0.39 is 0 Å². The highest BCUT2D eigenvalue weighted by atomic mass is 16.6. The molecule has 2 unspecified atom stereocenters. The molecule has 0 aromatic heterocycles. The first-order valence-corrected chi connectivity index (χ1v) is 6.94. The molecule has 2 rings (SSSR count). The van der Waals surface area contributed by atoms with E-state index in [1.54, 1.807) is 0 Å². The van der Waals surface area contributed by atoms with Crippen LogP contribution in [0, 0.1) is 0 Å². The smallest absolute Gasteiger partial charge is 0.119 e. The summed E-state index contributed by atoms with van der Waals surface area (Å²) in [6.45, 7) is 4.86. The quantitative estimate of drug-likeness (QED) is 0.855. The fraction of sp³-hybridized carbons (Fsp3) is 0.600. The molecule has 1 aromatic carbocycles. The third kappa shape index (κ3) is 3.93. The van der Waals surface area contributed by atoms with Crippen molar-refractivity contribution in [3.63, 3.8) is 0 Å². The maximum atomic E-state index is 5.76. The molecule has 0 amide bonds. The van der Waals surface area contributed by atoms with Gasteiger partial charge in [-0.15, -0.1) is 0 Å². The van der Waals surface area contributed by atoms with Gasteiger partial charge >= 0.3 is 0 Å². The molecule has 0 bridgehead atoms. The van der Waals surface area contributed by atoms with Gasteiger partial charge in [0.05, 0.1) is 32.5 Å². The minimum absolute atomic E-state index is 0.0705. The Labute approximate surface area is 115 Å². The summed E-state index contributed by atoms with van der Waals surface area (Å²) >= 11 is 0. The third-order valence-corrected chi connectivity index (χ3v) is 3.24. The summed E-state index contributed by atoms with van der Waals surface area (Å²) in [5.74, 6) is 0.918. The maximum Gasteiger partial charge on any atom is 0.119 e. The summed E-state index contributed by atoms with van der Waals surface area (Å²) in [4.78, 5) is 0. The molecule has 1 fully saturated rings. The zero-order valence-corrected chi connectivity index (χ0v) is 11.7. The predicted octanol–water partition coefficient (Wildman–Crippen LogP) is 2.15. The van der Waals surface area contributed by atoms with Crippen LogP contribution in [-0.4, -0.2) is 39.6 Å². The summed E-state index contributed by atoms with van der Waals surface area (Å²) in [6, 6.07) is 8.35. The number of ether oxygens (including phenoxy) is 3. The van der Waals surface area contributed by atoms with Crippen molar-refractivity contribution in [2.45, 2.75) is 25.5 Å². The lowest BCUT2D eigenvalue weighted by atomic mass is 10.0. The number of rotatable bonds is 6. The summed E-state index contributed by atoms with van der Waals surface area (Å²) < 4.78 is 16.8. The first kappa shape index (κ1) is 14.3. The molecular formula is C15H23NO3. The molecule has 1 aliphatic heterocycles. The highest BCUT2D eigenvalue weighted by Gasteiger charge is 2.25. The minimum atomic E-state index is 0.0705. The fourth-order valence-electron chi connectivity index (χ4n) is 2.26. The molecular weight excluding hydrogens is 242 g/mol. The van der Waals surface area contributed by atoms with Gasteiger partial charge in [-0.05, 0) is 31.2 Å². The van der Waals surface area contributed by atoms with Crippen LogP contribution in [0.25, 0.3) is 0 Å². The fourth-order valence-corrected chi connectivity index (χ4v) is 2.26. The van der Waals surface area contributed by atoms with Crippen molar-refractivity contribution in [1.82, 2.24) is 5.32 Å². The molecule has 1 N–H and O–H groups in total. The van der Waals surface area contributed by atoms with Crippen LogP contribution in [-0.2, 0) is 9.47 Å². The number of hydrogen-bond donors (Lipinski definition) is 1. The molecule has 2 atom stereocenters. The molecule has 106 valence electrons. The Morgan fingerprint density at radius 3 is 2.68 bits per heavy atom. The van der Waals surface area contributed by atoms with Gasteiger partial charge in [0, 0.05) is 0 Å². The molecule has 1 aromatic rings. The summed E-state index contributed by atoms with van der Waals surface area (Å²) in [6.07, 6.45) is 1.09. The summed E-state index contributed by atoms with van der Waals surface area (Å²) in [5, 5.41) is 3.30. The van der Waals surface area contributed by atoms with Gasteiger partial charge in [0.2, 0.25) is 0 Å². The number of hydrogen-bond acceptors (Lipinski definition) is 4. The monoisotopic (exact) mass is 265 g/mol. The van der Waals surface area contributed by atoms with E-state index in [1.165, 1.54) is 5.56 Å². The van der Waals surface area contributed by atoms with Gasteiger partial charge in [-0.3, -0.25) is 0 Å². The van der Waals surface area contributed by atoms with E-state index in [0.29, 0.717) is 19.8 Å². The number of likely N-dealkylation sites (N-methyl/N-ethyl adjacent to an activating group) is 1. The molecule has 19 heavy (non-hydrogen) atoms. The van der Waals surface area contributed by atoms with Crippen molar-refractivity contribution in [3.05, 3.63) is 29.8 Å². The van der Waals surface area contributed by atoms with E-state index in [9.17, 15) is 0 Å². The molecule has 4 heteroatoms. The third-order valence-electron chi connectivity index (χ3n) is 3.24. The maximum absolute atomic E-state index is 5.76. The van der Waals surface area contributed by atoms with Gasteiger partial charge in [0.1, 0.15) is 11.9 Å². The van der Waals surface area contributed by atoms with Crippen molar-refractivity contribution < 1.29 is 14.2 Å². The number of nitrogens with one attached hydrogen (secondary N) is 1. The Balaban J connectivity index is 2.01. The highest BCUT2D eigenvalue weighted by Crippen LogP contribution is 2.23. The van der Waals surface area contributed by atoms with Crippen LogP contribution in [0.5, 0.6) is 5.75 Å². The molecule has 1 aliphatic rings. The lowest BCUT2D eigenvalue weighted by Gasteiger charge is -2.30. The second-order valence-corrected chi connectivity index (χ2v) is 4.67. The molecule has 1 heterocycles. The topological polar surface area (TPSA) is 39.7 Å². The van der Waals surface area contributed by atoms with Crippen molar-refractivity contribution in [2.75, 3.05) is 33.5 Å². The van der Waals surface area contributed by atoms with Gasteiger partial charge < -0.3 is 19.5 Å². The van der Waals surface area contributed by atoms with E-state index in [0.717, 1.165) is 18.8 Å². The summed E-state index contributed by atoms with van der Waals surface area (Å²) in [7, 11) is 1.95. The van der Waals surface area contributed by atoms with Crippen LogP contribution in [0.3, 0.4) is 0 Å². The van der Waals surface area contributed by atoms with Crippen LogP contribution in [0.15, 0.2) is 24.3 Å². The molecule has 1 saturated heterocycles. The van der Waals surface area contributed by atoms with Crippen LogP contribution in [0.2, 0.25) is 0 Å². The average molecular weight is 265 g/mol. The van der Waals surface area contributed by atoms with Crippen molar-refractivity contribution in [1.29, 1.82) is 0 Å². The van der Waals surface area contributed by atoms with E-state index in [1.807, 2.05) is 19.2 Å². The molecule has 4 nitrogen and oxygen atoms in total. The van der Waals surface area contributed by atoms with Crippen molar-refractivity contribution in [3.8, 4) is 5.75 Å². The first-order valence-electron chi connectivity index (χ1n) is 6.94. The predicted molar refractivity (Wildman–Crippen MR) is 74.6 cm³/mol. The summed E-state index contributed by atoms with van der Waals surface area (Å²) in [5.41, 5.74) is 1.20. The highest BCUT2D eigenvalue weighted by molar-refractivity contribution is 5.29. The Morgan fingerprint density at radius 1 is 1.32 bits per heavy atom. The normalized spacial score (nSPS) is 21.1. The van der Waals surface area contributed by atoms with E-state index >= 15 is 0 Å². The zero-order chi connectivity index (χ0) is 13.5. The largest absolute Gasteiger partial charge is 0.494 e. The van der Waals surface area contributed by atoms with Crippen LogP contribution >= 0.6 is 0 Å². The van der Waals surface area contributed by atoms with Gasteiger partial charge in [-0.1, -0.05) is 19.1 Å². The Morgan fingerprint density at radius 2 is 2.11 bits per heavy atom. The van der Waals surface area contributed by atoms with Gasteiger partial charge in [0.25, 0.3) is 0 Å². The van der Waals surface area contributed by atoms with Crippen LogP contribution in [0.4, 0.5) is 0 Å². The SMILES string of the molecule is CCCOc1ccc(C(NC)C2COCCO2)cc1. The van der Waals surface area contributed by atoms with E-state index in [4.69, 9.17) is 14.2 Å². The van der Waals surface area contributed by atoms with Crippen LogP contribution < -0.4 is 10.1 Å². The molecule has 0 aliphatic carbocycles. The zero-order valence-electron chi connectivity index (χ0n) is 11.7. The standard InChI is InChI=1S/C15H23NO3/c1-3-8-18-13-6-4-12(5-7-13)15(16-2)14-11-17-9-10-19-14/h4-7,14-16H,3,8-11H2,1-2H3. The molecule has 0 saturated carbocycles.